The normalized spacial score (nSPS) is 13.8. The average Bonchev–Trinajstić information content (AvgIpc) is 3.74. The van der Waals surface area contributed by atoms with Crippen molar-refractivity contribution in [2.75, 3.05) is 16.8 Å². The van der Waals surface area contributed by atoms with Crippen LogP contribution in [0.5, 0.6) is 0 Å². The number of unbranched alkanes of at least 4 members (excludes halogenated alkanes) is 6. The van der Waals surface area contributed by atoms with Crippen LogP contribution in [0.25, 0.3) is 33.4 Å². The van der Waals surface area contributed by atoms with Gasteiger partial charge in [-0.25, -0.2) is 0 Å². The van der Waals surface area contributed by atoms with E-state index in [-0.39, 0.29) is 10.8 Å². The van der Waals surface area contributed by atoms with Gasteiger partial charge >= 0.3 is 0 Å². The van der Waals surface area contributed by atoms with E-state index >= 15 is 0 Å². The Morgan fingerprint density at radius 2 is 0.840 bits per heavy atom. The minimum absolute atomic E-state index is 0.0731. The monoisotopic (exact) mass is 979 g/mol. The highest BCUT2D eigenvalue weighted by molar-refractivity contribution is 5.88. The molecule has 9 aromatic rings. The van der Waals surface area contributed by atoms with Gasteiger partial charge in [-0.1, -0.05) is 222 Å². The van der Waals surface area contributed by atoms with E-state index in [1.165, 1.54) is 153 Å². The molecule has 0 bridgehead atoms. The summed E-state index contributed by atoms with van der Waals surface area (Å²) < 4.78 is 0. The van der Waals surface area contributed by atoms with E-state index in [4.69, 9.17) is 0 Å². The zero-order valence-corrected chi connectivity index (χ0v) is 45.1. The van der Waals surface area contributed by atoms with Crippen LogP contribution in [0.2, 0.25) is 0 Å². The Labute approximate surface area is 448 Å². The van der Waals surface area contributed by atoms with Crippen molar-refractivity contribution in [3.05, 3.63) is 257 Å². The summed E-state index contributed by atoms with van der Waals surface area (Å²) in [7, 11) is 2.22. The van der Waals surface area contributed by atoms with Crippen LogP contribution in [0.3, 0.4) is 0 Å². The number of aryl methyl sites for hydroxylation is 3. The van der Waals surface area contributed by atoms with E-state index in [2.05, 4.69) is 257 Å². The molecule has 0 spiro atoms. The van der Waals surface area contributed by atoms with E-state index in [9.17, 15) is 0 Å². The van der Waals surface area contributed by atoms with Gasteiger partial charge in [0.15, 0.2) is 0 Å². The molecule has 0 fully saturated rings. The number of nitrogens with zero attached hydrogens (tertiary/aromatic N) is 2. The lowest BCUT2D eigenvalue weighted by Crippen LogP contribution is -2.26. The maximum atomic E-state index is 2.58. The third-order valence-electron chi connectivity index (χ3n) is 17.3. The second-order valence-electron chi connectivity index (χ2n) is 21.9. The first-order chi connectivity index (χ1) is 36.8. The third-order valence-corrected chi connectivity index (χ3v) is 17.3. The molecular formula is C73H74N2. The topological polar surface area (TPSA) is 6.48 Å². The number of para-hydroxylation sites is 2. The van der Waals surface area contributed by atoms with Crippen molar-refractivity contribution >= 4 is 28.4 Å². The van der Waals surface area contributed by atoms with Crippen molar-refractivity contribution in [2.24, 2.45) is 0 Å². The van der Waals surface area contributed by atoms with E-state index in [0.717, 1.165) is 30.6 Å². The van der Waals surface area contributed by atoms with Crippen LogP contribution in [0.15, 0.2) is 212 Å². The molecule has 0 N–H and O–H groups in total. The molecular weight excluding hydrogens is 905 g/mol. The molecule has 0 amide bonds. The summed E-state index contributed by atoms with van der Waals surface area (Å²) in [6, 6.07) is 80.6. The van der Waals surface area contributed by atoms with Crippen molar-refractivity contribution in [1.29, 1.82) is 0 Å². The molecule has 0 aliphatic heterocycles. The second kappa shape index (κ2) is 21.8. The Morgan fingerprint density at radius 3 is 1.35 bits per heavy atom. The summed E-state index contributed by atoms with van der Waals surface area (Å²) in [5.41, 5.74) is 24.5. The van der Waals surface area contributed by atoms with E-state index in [1.54, 1.807) is 0 Å². The van der Waals surface area contributed by atoms with Gasteiger partial charge in [0.05, 0.1) is 0 Å². The SMILES string of the molecule is CCCCCCC1(CCCCCC)c2cc(N(C)c3ccccc3)ccc2-c2ccc(N(c3ccccc3)c3ccc(-c4ccc(C(C)(c5ccc(-c6ccc(C)cc6)cc5)c5ccc6c(c5)CC6)cc4)cc3)cc21. The standard InChI is InChI=1S/C73H74N2/c1-6-8-10-18-48-73(49-19-11-9-7-2)70-51-66(74(5)63-20-14-12-15-21-63)44-46-68(70)69-47-45-67(52-71(69)73)75(64-22-16-13-17-23-64)65-42-35-57(36-43-65)56-32-39-61(40-33-56)72(4,62-41-34-58-28-29-59(58)50-62)60-37-30-55(31-38-60)54-26-24-53(3)25-27-54/h12-17,20-27,30-47,50-52H,6-11,18-19,28-29,48-49H2,1-5H3. The zero-order chi connectivity index (χ0) is 51.4. The van der Waals surface area contributed by atoms with Crippen LogP contribution in [0.1, 0.15) is 129 Å². The molecule has 2 aliphatic rings. The zero-order valence-electron chi connectivity index (χ0n) is 45.1. The Hall–Kier alpha value is -7.42. The lowest BCUT2D eigenvalue weighted by molar-refractivity contribution is 0.401. The fourth-order valence-electron chi connectivity index (χ4n) is 12.6. The van der Waals surface area contributed by atoms with Crippen LogP contribution in [-0.4, -0.2) is 7.05 Å². The minimum Gasteiger partial charge on any atom is -0.345 e. The van der Waals surface area contributed by atoms with Crippen molar-refractivity contribution in [3.8, 4) is 33.4 Å². The first-order valence-corrected chi connectivity index (χ1v) is 28.2. The summed E-state index contributed by atoms with van der Waals surface area (Å²) in [5, 5.41) is 0. The highest BCUT2D eigenvalue weighted by Crippen LogP contribution is 2.57. The summed E-state index contributed by atoms with van der Waals surface area (Å²) >= 11 is 0. The Kier molecular flexibility index (Phi) is 14.5. The van der Waals surface area contributed by atoms with Crippen molar-refractivity contribution < 1.29 is 0 Å². The van der Waals surface area contributed by atoms with E-state index < -0.39 is 0 Å². The van der Waals surface area contributed by atoms with Gasteiger partial charge in [-0.05, 0) is 173 Å². The molecule has 2 aliphatic carbocycles. The van der Waals surface area contributed by atoms with Crippen LogP contribution < -0.4 is 9.80 Å². The van der Waals surface area contributed by atoms with Gasteiger partial charge in [0, 0.05) is 46.3 Å². The minimum atomic E-state index is -0.324. The molecule has 0 aromatic heterocycles. The largest absolute Gasteiger partial charge is 0.345 e. The highest BCUT2D eigenvalue weighted by atomic mass is 15.1. The first-order valence-electron chi connectivity index (χ1n) is 28.2. The predicted molar refractivity (Wildman–Crippen MR) is 321 cm³/mol. The highest BCUT2D eigenvalue weighted by Gasteiger charge is 2.43. The smallest absolute Gasteiger partial charge is 0.0465 e. The van der Waals surface area contributed by atoms with Crippen molar-refractivity contribution in [1.82, 2.24) is 0 Å². The van der Waals surface area contributed by atoms with Crippen molar-refractivity contribution in [3.63, 3.8) is 0 Å². The van der Waals surface area contributed by atoms with Crippen LogP contribution in [0.4, 0.5) is 28.4 Å². The maximum absolute atomic E-state index is 2.58. The first kappa shape index (κ1) is 49.8. The molecule has 9 aromatic carbocycles. The number of hydrogen-bond acceptors (Lipinski definition) is 2. The van der Waals surface area contributed by atoms with Gasteiger partial charge in [-0.2, -0.15) is 0 Å². The Balaban J connectivity index is 0.942. The summed E-state index contributed by atoms with van der Waals surface area (Å²) in [6.07, 6.45) is 14.7. The Bertz CT molecular complexity index is 3340. The van der Waals surface area contributed by atoms with Gasteiger partial charge in [-0.15, -0.1) is 0 Å². The quantitative estimate of drug-likeness (QED) is 0.0555. The maximum Gasteiger partial charge on any atom is 0.0465 e. The van der Waals surface area contributed by atoms with Crippen molar-refractivity contribution in [2.45, 2.75) is 116 Å². The number of fused-ring (bicyclic) bond motifs is 4. The number of hydrogen-bond donors (Lipinski definition) is 0. The van der Waals surface area contributed by atoms with Gasteiger partial charge in [0.1, 0.15) is 0 Å². The number of benzene rings is 9. The van der Waals surface area contributed by atoms with E-state index in [1.807, 2.05) is 0 Å². The summed E-state index contributed by atoms with van der Waals surface area (Å²) in [4.78, 5) is 4.84. The molecule has 376 valence electrons. The molecule has 1 unspecified atom stereocenters. The fraction of sp³-hybridized carbons (Fsp3) is 0.260. The lowest BCUT2D eigenvalue weighted by Gasteiger charge is -2.35. The molecule has 0 radical (unpaired) electrons. The molecule has 0 saturated heterocycles. The molecule has 0 heterocycles. The molecule has 2 heteroatoms. The van der Waals surface area contributed by atoms with Crippen LogP contribution >= 0.6 is 0 Å². The molecule has 75 heavy (non-hydrogen) atoms. The van der Waals surface area contributed by atoms with Gasteiger partial charge < -0.3 is 9.80 Å². The fourth-order valence-corrected chi connectivity index (χ4v) is 12.6. The predicted octanol–water partition coefficient (Wildman–Crippen LogP) is 20.2. The Morgan fingerprint density at radius 1 is 0.400 bits per heavy atom. The summed E-state index contributed by atoms with van der Waals surface area (Å²) in [5.74, 6) is 0. The van der Waals surface area contributed by atoms with Crippen LogP contribution in [0, 0.1) is 6.92 Å². The van der Waals surface area contributed by atoms with E-state index in [0.29, 0.717) is 0 Å². The molecule has 1 atom stereocenters. The lowest BCUT2D eigenvalue weighted by atomic mass is 9.69. The second-order valence-corrected chi connectivity index (χ2v) is 21.9. The van der Waals surface area contributed by atoms with Gasteiger partial charge in [-0.3, -0.25) is 0 Å². The average molecular weight is 979 g/mol. The summed E-state index contributed by atoms with van der Waals surface area (Å²) in [6.45, 7) is 9.23. The number of anilines is 5. The van der Waals surface area contributed by atoms with Gasteiger partial charge in [0.25, 0.3) is 0 Å². The molecule has 11 rings (SSSR count). The van der Waals surface area contributed by atoms with Crippen LogP contribution in [-0.2, 0) is 23.7 Å². The molecule has 0 saturated carbocycles. The molecule has 2 nitrogen and oxygen atoms in total. The number of rotatable bonds is 20. The van der Waals surface area contributed by atoms with Gasteiger partial charge in [0.2, 0.25) is 0 Å². The third kappa shape index (κ3) is 9.77.